The van der Waals surface area contributed by atoms with Crippen LogP contribution in [0.25, 0.3) is 0 Å². The maximum absolute atomic E-state index is 13.3. The fourth-order valence-electron chi connectivity index (χ4n) is 3.52. The Kier molecular flexibility index (Phi) is 5.29. The highest BCUT2D eigenvalue weighted by molar-refractivity contribution is 7.89. The minimum Gasteiger partial charge on any atom is -0.309 e. The molecule has 1 unspecified atom stereocenters. The van der Waals surface area contributed by atoms with Gasteiger partial charge in [-0.1, -0.05) is 12.1 Å². The highest BCUT2D eigenvalue weighted by Gasteiger charge is 2.37. The molecule has 0 saturated carbocycles. The SMILES string of the molecule is Cc1ccc(S(=O)(=O)N2CCCC2c2cccc(Nc3ncccn3)n2)cc1C. The normalized spacial score (nSPS) is 17.4. The van der Waals surface area contributed by atoms with E-state index in [9.17, 15) is 8.42 Å². The second-order valence-electron chi connectivity index (χ2n) is 7.16. The minimum atomic E-state index is -3.60. The van der Waals surface area contributed by atoms with Gasteiger partial charge in [0.25, 0.3) is 0 Å². The number of anilines is 2. The molecular formula is C21H23N5O2S. The Morgan fingerprint density at radius 3 is 2.59 bits per heavy atom. The Hall–Kier alpha value is -2.84. The molecule has 3 heterocycles. The molecule has 1 saturated heterocycles. The molecule has 3 aromatic rings. The van der Waals surface area contributed by atoms with Crippen molar-refractivity contribution in [2.24, 2.45) is 0 Å². The van der Waals surface area contributed by atoms with E-state index in [0.717, 1.165) is 29.7 Å². The van der Waals surface area contributed by atoms with E-state index in [2.05, 4.69) is 20.3 Å². The number of sulfonamides is 1. The zero-order valence-corrected chi connectivity index (χ0v) is 17.2. The van der Waals surface area contributed by atoms with Crippen LogP contribution in [-0.2, 0) is 10.0 Å². The fraction of sp³-hybridized carbons (Fsp3) is 0.286. The first-order valence-electron chi connectivity index (χ1n) is 9.55. The van der Waals surface area contributed by atoms with Crippen LogP contribution in [0.1, 0.15) is 35.7 Å². The summed E-state index contributed by atoms with van der Waals surface area (Å²) in [5.41, 5.74) is 2.76. The van der Waals surface area contributed by atoms with Crippen LogP contribution in [0.3, 0.4) is 0 Å². The second-order valence-corrected chi connectivity index (χ2v) is 9.06. The lowest BCUT2D eigenvalue weighted by Crippen LogP contribution is -2.31. The maximum atomic E-state index is 13.3. The van der Waals surface area contributed by atoms with E-state index < -0.39 is 10.0 Å². The van der Waals surface area contributed by atoms with Crippen molar-refractivity contribution >= 4 is 21.8 Å². The van der Waals surface area contributed by atoms with E-state index in [1.54, 1.807) is 34.9 Å². The summed E-state index contributed by atoms with van der Waals surface area (Å²) in [6, 6.07) is 12.3. The van der Waals surface area contributed by atoms with Crippen LogP contribution in [0, 0.1) is 13.8 Å². The summed E-state index contributed by atoms with van der Waals surface area (Å²) in [5.74, 6) is 1.03. The lowest BCUT2D eigenvalue weighted by Gasteiger charge is -2.24. The molecule has 8 heteroatoms. The van der Waals surface area contributed by atoms with Gasteiger partial charge in [0.05, 0.1) is 16.6 Å². The first-order chi connectivity index (χ1) is 13.9. The second kappa shape index (κ2) is 7.88. The van der Waals surface area contributed by atoms with E-state index in [1.165, 1.54) is 0 Å². The molecule has 0 amide bonds. The smallest absolute Gasteiger partial charge is 0.243 e. The number of nitrogens with zero attached hydrogens (tertiary/aromatic N) is 4. The van der Waals surface area contributed by atoms with E-state index >= 15 is 0 Å². The van der Waals surface area contributed by atoms with Crippen molar-refractivity contribution < 1.29 is 8.42 Å². The van der Waals surface area contributed by atoms with E-state index in [-0.39, 0.29) is 6.04 Å². The van der Waals surface area contributed by atoms with Crippen LogP contribution in [0.4, 0.5) is 11.8 Å². The average molecular weight is 410 g/mol. The molecule has 2 aromatic heterocycles. The molecule has 150 valence electrons. The molecule has 0 spiro atoms. The monoisotopic (exact) mass is 409 g/mol. The lowest BCUT2D eigenvalue weighted by atomic mass is 10.1. The number of nitrogens with one attached hydrogen (secondary N) is 1. The summed E-state index contributed by atoms with van der Waals surface area (Å²) >= 11 is 0. The third kappa shape index (κ3) is 3.99. The van der Waals surface area contributed by atoms with Gasteiger partial charge in [-0.15, -0.1) is 0 Å². The topological polar surface area (TPSA) is 88.1 Å². The van der Waals surface area contributed by atoms with E-state index in [4.69, 9.17) is 0 Å². The summed E-state index contributed by atoms with van der Waals surface area (Å²) in [6.45, 7) is 4.39. The van der Waals surface area contributed by atoms with Crippen molar-refractivity contribution in [2.45, 2.75) is 37.6 Å². The average Bonchev–Trinajstić information content (AvgIpc) is 3.22. The Morgan fingerprint density at radius 1 is 1.03 bits per heavy atom. The first-order valence-corrected chi connectivity index (χ1v) is 11.0. The molecular weight excluding hydrogens is 386 g/mol. The Balaban J connectivity index is 1.63. The van der Waals surface area contributed by atoms with E-state index in [0.29, 0.717) is 23.2 Å². The standard InChI is InChI=1S/C21H23N5O2S/c1-15-9-10-17(14-16(15)2)29(27,28)26-13-4-7-19(26)18-6-3-8-20(24-18)25-21-22-11-5-12-23-21/h3,5-6,8-12,14,19H,4,7,13H2,1-2H3,(H,22,23,24,25). The van der Waals surface area contributed by atoms with Gasteiger partial charge in [-0.3, -0.25) is 0 Å². The van der Waals surface area contributed by atoms with Gasteiger partial charge in [0.1, 0.15) is 5.82 Å². The summed E-state index contributed by atoms with van der Waals surface area (Å²) in [6.07, 6.45) is 4.83. The number of hydrogen-bond donors (Lipinski definition) is 1. The molecule has 0 radical (unpaired) electrons. The summed E-state index contributed by atoms with van der Waals surface area (Å²) in [4.78, 5) is 13.3. The largest absolute Gasteiger partial charge is 0.309 e. The molecule has 1 N–H and O–H groups in total. The van der Waals surface area contributed by atoms with Gasteiger partial charge < -0.3 is 5.32 Å². The molecule has 1 aliphatic rings. The van der Waals surface area contributed by atoms with Crippen molar-refractivity contribution in [3.63, 3.8) is 0 Å². The Morgan fingerprint density at radius 2 is 1.83 bits per heavy atom. The number of pyridine rings is 1. The van der Waals surface area contributed by atoms with Crippen molar-refractivity contribution in [3.8, 4) is 0 Å². The van der Waals surface area contributed by atoms with Crippen molar-refractivity contribution in [1.29, 1.82) is 0 Å². The number of benzene rings is 1. The molecule has 0 bridgehead atoms. The highest BCUT2D eigenvalue weighted by Crippen LogP contribution is 2.36. The first kappa shape index (κ1) is 19.5. The summed E-state index contributed by atoms with van der Waals surface area (Å²) in [7, 11) is -3.60. The predicted molar refractivity (Wildman–Crippen MR) is 111 cm³/mol. The highest BCUT2D eigenvalue weighted by atomic mass is 32.2. The molecule has 4 rings (SSSR count). The van der Waals surface area contributed by atoms with Gasteiger partial charge in [0, 0.05) is 18.9 Å². The summed E-state index contributed by atoms with van der Waals surface area (Å²) < 4.78 is 28.2. The molecule has 7 nitrogen and oxygen atoms in total. The van der Waals surface area contributed by atoms with Crippen LogP contribution >= 0.6 is 0 Å². The van der Waals surface area contributed by atoms with Gasteiger partial charge in [-0.25, -0.2) is 23.4 Å². The predicted octanol–water partition coefficient (Wildman–Crippen LogP) is 3.76. The van der Waals surface area contributed by atoms with Gasteiger partial charge in [-0.05, 0) is 68.1 Å². The fourth-order valence-corrected chi connectivity index (χ4v) is 5.27. The van der Waals surface area contributed by atoms with Crippen LogP contribution in [0.5, 0.6) is 0 Å². The van der Waals surface area contributed by atoms with Crippen LogP contribution in [0.15, 0.2) is 59.8 Å². The third-order valence-electron chi connectivity index (χ3n) is 5.21. The molecule has 1 atom stereocenters. The van der Waals surface area contributed by atoms with Crippen LogP contribution in [-0.4, -0.2) is 34.2 Å². The van der Waals surface area contributed by atoms with Crippen molar-refractivity contribution in [2.75, 3.05) is 11.9 Å². The molecule has 1 aliphatic heterocycles. The zero-order chi connectivity index (χ0) is 20.4. The molecule has 1 fully saturated rings. The van der Waals surface area contributed by atoms with E-state index in [1.807, 2.05) is 38.1 Å². The molecule has 29 heavy (non-hydrogen) atoms. The number of aryl methyl sites for hydroxylation is 2. The Labute approximate surface area is 170 Å². The molecule has 1 aromatic carbocycles. The van der Waals surface area contributed by atoms with Gasteiger partial charge in [0.2, 0.25) is 16.0 Å². The molecule has 0 aliphatic carbocycles. The van der Waals surface area contributed by atoms with Crippen LogP contribution in [0.2, 0.25) is 0 Å². The number of rotatable bonds is 5. The van der Waals surface area contributed by atoms with Crippen molar-refractivity contribution in [3.05, 3.63) is 71.7 Å². The van der Waals surface area contributed by atoms with Gasteiger partial charge in [0.15, 0.2) is 0 Å². The van der Waals surface area contributed by atoms with Crippen LogP contribution < -0.4 is 5.32 Å². The van der Waals surface area contributed by atoms with Crippen molar-refractivity contribution in [1.82, 2.24) is 19.3 Å². The third-order valence-corrected chi connectivity index (χ3v) is 7.11. The van der Waals surface area contributed by atoms with Gasteiger partial charge >= 0.3 is 0 Å². The minimum absolute atomic E-state index is 0.292. The number of hydrogen-bond acceptors (Lipinski definition) is 6. The van der Waals surface area contributed by atoms with Gasteiger partial charge in [-0.2, -0.15) is 4.31 Å². The maximum Gasteiger partial charge on any atom is 0.243 e. The Bertz CT molecular complexity index is 1120. The quantitative estimate of drug-likeness (QED) is 0.690. The lowest BCUT2D eigenvalue weighted by molar-refractivity contribution is 0.390. The number of aromatic nitrogens is 3. The summed E-state index contributed by atoms with van der Waals surface area (Å²) in [5, 5.41) is 3.07. The zero-order valence-electron chi connectivity index (χ0n) is 16.4.